The topological polar surface area (TPSA) is 69.3 Å². The molecule has 6 nitrogen and oxygen atoms in total. The predicted molar refractivity (Wildman–Crippen MR) is 147 cm³/mol. The van der Waals surface area contributed by atoms with Gasteiger partial charge in [-0.2, -0.15) is 5.26 Å². The molecule has 0 aliphatic heterocycles. The highest BCUT2D eigenvalue weighted by molar-refractivity contribution is 7.99. The fourth-order valence-electron chi connectivity index (χ4n) is 4.15. The van der Waals surface area contributed by atoms with Crippen molar-refractivity contribution in [1.82, 2.24) is 9.55 Å². The number of ether oxygens (including phenoxy) is 3. The van der Waals surface area contributed by atoms with Crippen LogP contribution in [0.1, 0.15) is 36.2 Å². The van der Waals surface area contributed by atoms with Crippen LogP contribution in [0.4, 0.5) is 4.39 Å². The summed E-state index contributed by atoms with van der Waals surface area (Å²) in [6.45, 7) is 5.24. The number of nitrogens with zero attached hydrogens (tertiary/aromatic N) is 3. The average Bonchev–Trinajstić information content (AvgIpc) is 3.38. The molecule has 1 aromatic heterocycles. The van der Waals surface area contributed by atoms with Crippen LogP contribution in [0.2, 0.25) is 0 Å². The number of imidazole rings is 1. The van der Waals surface area contributed by atoms with Gasteiger partial charge in [0.2, 0.25) is 0 Å². The van der Waals surface area contributed by atoms with Gasteiger partial charge in [-0.1, -0.05) is 43.8 Å². The number of aromatic nitrogens is 2. The normalized spacial score (nSPS) is 11.3. The summed E-state index contributed by atoms with van der Waals surface area (Å²) < 4.78 is 32.6. The Labute approximate surface area is 227 Å². The molecule has 8 heteroatoms. The van der Waals surface area contributed by atoms with E-state index in [0.717, 1.165) is 27.7 Å². The van der Waals surface area contributed by atoms with Crippen molar-refractivity contribution in [3.05, 3.63) is 101 Å². The molecular formula is C30H30FN3O3S. The molecule has 0 radical (unpaired) electrons. The van der Waals surface area contributed by atoms with E-state index in [0.29, 0.717) is 36.0 Å². The van der Waals surface area contributed by atoms with E-state index in [-0.39, 0.29) is 5.82 Å². The second-order valence-electron chi connectivity index (χ2n) is 9.14. The lowest BCUT2D eigenvalue weighted by molar-refractivity contribution is 0.136. The molecule has 0 unspecified atom stereocenters. The maximum absolute atomic E-state index is 13.8. The summed E-state index contributed by atoms with van der Waals surface area (Å²) in [5.41, 5.74) is 4.00. The molecule has 0 N–H and O–H groups in total. The van der Waals surface area contributed by atoms with Crippen molar-refractivity contribution in [1.29, 1.82) is 5.26 Å². The van der Waals surface area contributed by atoms with Crippen molar-refractivity contribution in [2.45, 2.75) is 31.0 Å². The van der Waals surface area contributed by atoms with Gasteiger partial charge in [0.25, 0.3) is 0 Å². The van der Waals surface area contributed by atoms with Gasteiger partial charge < -0.3 is 14.2 Å². The molecule has 4 aromatic rings. The quantitative estimate of drug-likeness (QED) is 0.162. The Kier molecular flexibility index (Phi) is 8.72. The van der Waals surface area contributed by atoms with Crippen LogP contribution in [0.25, 0.3) is 5.69 Å². The highest BCUT2D eigenvalue weighted by Crippen LogP contribution is 2.39. The molecule has 0 saturated carbocycles. The zero-order valence-corrected chi connectivity index (χ0v) is 22.7. The molecule has 0 spiro atoms. The molecule has 38 heavy (non-hydrogen) atoms. The molecule has 0 aliphatic rings. The minimum atomic E-state index is -0.453. The summed E-state index contributed by atoms with van der Waals surface area (Å²) in [4.78, 5) is 4.75. The van der Waals surface area contributed by atoms with Gasteiger partial charge in [-0.25, -0.2) is 9.37 Å². The summed E-state index contributed by atoms with van der Waals surface area (Å²) in [6, 6.07) is 21.8. The summed E-state index contributed by atoms with van der Waals surface area (Å²) >= 11 is 1.58. The van der Waals surface area contributed by atoms with Crippen LogP contribution in [-0.2, 0) is 16.8 Å². The van der Waals surface area contributed by atoms with Crippen LogP contribution in [0.3, 0.4) is 0 Å². The fraction of sp³-hybridized carbons (Fsp3) is 0.267. The monoisotopic (exact) mass is 531 g/mol. The van der Waals surface area contributed by atoms with Gasteiger partial charge in [-0.3, -0.25) is 4.57 Å². The lowest BCUT2D eigenvalue weighted by Gasteiger charge is -2.28. The zero-order chi connectivity index (χ0) is 27.1. The van der Waals surface area contributed by atoms with E-state index >= 15 is 0 Å². The minimum absolute atomic E-state index is 0.292. The van der Waals surface area contributed by atoms with Gasteiger partial charge in [0.1, 0.15) is 5.82 Å². The van der Waals surface area contributed by atoms with Crippen LogP contribution in [-0.4, -0.2) is 36.1 Å². The van der Waals surface area contributed by atoms with Crippen molar-refractivity contribution in [3.63, 3.8) is 0 Å². The number of methoxy groups -OCH3 is 2. The molecule has 0 amide bonds. The predicted octanol–water partition coefficient (Wildman–Crippen LogP) is 6.54. The number of hydrogen-bond acceptors (Lipinski definition) is 6. The van der Waals surface area contributed by atoms with E-state index in [9.17, 15) is 4.39 Å². The molecule has 0 bridgehead atoms. The minimum Gasteiger partial charge on any atom is -0.493 e. The summed E-state index contributed by atoms with van der Waals surface area (Å²) in [5, 5.41) is 9.74. The first kappa shape index (κ1) is 27.2. The van der Waals surface area contributed by atoms with E-state index in [1.54, 1.807) is 50.2 Å². The Morgan fingerprint density at radius 3 is 2.34 bits per heavy atom. The van der Waals surface area contributed by atoms with E-state index < -0.39 is 5.41 Å². The van der Waals surface area contributed by atoms with Crippen molar-refractivity contribution < 1.29 is 18.6 Å². The standard InChI is InChI=1S/C30H30FN3O3S/c1-30(2,23-9-14-26(35-3)27(17-23)36-4)28-19-33-29(34(28)25-12-10-24(31)11-13-25)38-16-15-37-20-22-7-5-21(18-32)6-8-22/h5-14,17,19H,15-16,20H2,1-4H3. The Balaban J connectivity index is 1.56. The smallest absolute Gasteiger partial charge is 0.172 e. The van der Waals surface area contributed by atoms with Crippen molar-refractivity contribution in [3.8, 4) is 23.3 Å². The third-order valence-electron chi connectivity index (χ3n) is 6.37. The Bertz CT molecular complexity index is 1410. The fourth-order valence-corrected chi connectivity index (χ4v) is 4.99. The number of thioether (sulfide) groups is 1. The zero-order valence-electron chi connectivity index (χ0n) is 21.9. The molecule has 0 fully saturated rings. The summed E-state index contributed by atoms with van der Waals surface area (Å²) in [6.07, 6.45) is 1.88. The SMILES string of the molecule is COc1ccc(C(C)(C)c2cnc(SCCOCc3ccc(C#N)cc3)n2-c2ccc(F)cc2)cc1OC. The van der Waals surface area contributed by atoms with Crippen LogP contribution in [0.15, 0.2) is 78.1 Å². The Hall–Kier alpha value is -3.80. The molecule has 3 aromatic carbocycles. The van der Waals surface area contributed by atoms with Crippen LogP contribution in [0, 0.1) is 17.1 Å². The first-order chi connectivity index (χ1) is 18.4. The van der Waals surface area contributed by atoms with Crippen LogP contribution >= 0.6 is 11.8 Å². The lowest BCUT2D eigenvalue weighted by Crippen LogP contribution is -2.23. The third kappa shape index (κ3) is 6.01. The number of rotatable bonds is 11. The second kappa shape index (κ2) is 12.2. The molecule has 1 heterocycles. The molecular weight excluding hydrogens is 501 g/mol. The van der Waals surface area contributed by atoms with Gasteiger partial charge in [0, 0.05) is 16.9 Å². The van der Waals surface area contributed by atoms with Gasteiger partial charge in [-0.15, -0.1) is 0 Å². The number of nitriles is 1. The third-order valence-corrected chi connectivity index (χ3v) is 7.29. The van der Waals surface area contributed by atoms with Crippen molar-refractivity contribution in [2.24, 2.45) is 0 Å². The van der Waals surface area contributed by atoms with Gasteiger partial charge in [-0.05, 0) is 59.7 Å². The van der Waals surface area contributed by atoms with E-state index in [1.165, 1.54) is 12.1 Å². The molecule has 0 saturated heterocycles. The maximum Gasteiger partial charge on any atom is 0.172 e. The van der Waals surface area contributed by atoms with Crippen LogP contribution < -0.4 is 9.47 Å². The second-order valence-corrected chi connectivity index (χ2v) is 10.2. The average molecular weight is 532 g/mol. The van der Waals surface area contributed by atoms with E-state index in [2.05, 4.69) is 24.5 Å². The Morgan fingerprint density at radius 1 is 0.974 bits per heavy atom. The van der Waals surface area contributed by atoms with Gasteiger partial charge in [0.15, 0.2) is 16.7 Å². The molecule has 0 atom stereocenters. The van der Waals surface area contributed by atoms with Gasteiger partial charge in [0.05, 0.1) is 51.0 Å². The maximum atomic E-state index is 13.8. The summed E-state index contributed by atoms with van der Waals surface area (Å²) in [7, 11) is 3.24. The highest BCUT2D eigenvalue weighted by atomic mass is 32.2. The largest absolute Gasteiger partial charge is 0.493 e. The highest BCUT2D eigenvalue weighted by Gasteiger charge is 2.30. The molecule has 0 aliphatic carbocycles. The first-order valence-electron chi connectivity index (χ1n) is 12.1. The first-order valence-corrected chi connectivity index (χ1v) is 13.1. The van der Waals surface area contributed by atoms with Crippen molar-refractivity contribution >= 4 is 11.8 Å². The number of hydrogen-bond donors (Lipinski definition) is 0. The summed E-state index contributed by atoms with van der Waals surface area (Å²) in [5.74, 6) is 1.71. The van der Waals surface area contributed by atoms with Gasteiger partial charge >= 0.3 is 0 Å². The lowest BCUT2D eigenvalue weighted by atomic mass is 9.81. The van der Waals surface area contributed by atoms with E-state index in [1.807, 2.05) is 36.5 Å². The molecule has 196 valence electrons. The number of benzene rings is 3. The van der Waals surface area contributed by atoms with Crippen molar-refractivity contribution in [2.75, 3.05) is 26.6 Å². The molecule has 4 rings (SSSR count). The number of halogens is 1. The Morgan fingerprint density at radius 2 is 1.68 bits per heavy atom. The van der Waals surface area contributed by atoms with E-state index in [4.69, 9.17) is 24.5 Å². The van der Waals surface area contributed by atoms with Crippen LogP contribution in [0.5, 0.6) is 11.5 Å².